The highest BCUT2D eigenvalue weighted by Crippen LogP contribution is 2.45. The van der Waals surface area contributed by atoms with Gasteiger partial charge in [0.2, 0.25) is 0 Å². The third kappa shape index (κ3) is 4.44. The largest absolute Gasteiger partial charge is 0.466 e. The standard InChI is InChI=1S/C24H30O4SSi/c1-5-28-23(25)17-19-13-16-22(29(26,27)20-14-11-18(2)12-15-20)24(19)30(3,4)21-9-7-6-8-10-21/h6-16,19,22,24H,5,17H2,1-4H3/t19-,22-,24-/m0/s1. The topological polar surface area (TPSA) is 60.4 Å². The molecule has 0 saturated heterocycles. The molecule has 2 aromatic rings. The molecule has 160 valence electrons. The van der Waals surface area contributed by atoms with E-state index in [-0.39, 0.29) is 23.8 Å². The molecule has 4 nitrogen and oxygen atoms in total. The predicted molar refractivity (Wildman–Crippen MR) is 123 cm³/mol. The predicted octanol–water partition coefficient (Wildman–Crippen LogP) is 4.26. The van der Waals surface area contributed by atoms with E-state index in [4.69, 9.17) is 4.74 Å². The Hall–Kier alpha value is -2.18. The van der Waals surface area contributed by atoms with Gasteiger partial charge in [-0.25, -0.2) is 8.42 Å². The first-order valence-corrected chi connectivity index (χ1v) is 15.0. The Balaban J connectivity index is 2.04. The number of hydrogen-bond donors (Lipinski definition) is 0. The number of sulfone groups is 1. The van der Waals surface area contributed by atoms with Gasteiger partial charge in [0.1, 0.15) is 0 Å². The number of carbonyl (C=O) groups is 1. The van der Waals surface area contributed by atoms with E-state index in [9.17, 15) is 13.2 Å². The first-order valence-electron chi connectivity index (χ1n) is 10.4. The minimum atomic E-state index is -3.58. The lowest BCUT2D eigenvalue weighted by Gasteiger charge is -2.38. The third-order valence-corrected chi connectivity index (χ3v) is 12.7. The minimum absolute atomic E-state index is 0.156. The van der Waals surface area contributed by atoms with Gasteiger partial charge >= 0.3 is 5.97 Å². The van der Waals surface area contributed by atoms with Crippen LogP contribution in [0.1, 0.15) is 18.9 Å². The van der Waals surface area contributed by atoms with Gasteiger partial charge in [0.25, 0.3) is 0 Å². The van der Waals surface area contributed by atoms with Crippen LogP contribution in [0.3, 0.4) is 0 Å². The quantitative estimate of drug-likeness (QED) is 0.365. The molecule has 0 radical (unpaired) electrons. The zero-order valence-electron chi connectivity index (χ0n) is 18.0. The number of allylic oxidation sites excluding steroid dienone is 1. The fraction of sp³-hybridized carbons (Fsp3) is 0.375. The molecule has 0 saturated carbocycles. The average molecular weight is 443 g/mol. The Bertz CT molecular complexity index is 1010. The molecule has 6 heteroatoms. The Morgan fingerprint density at radius 1 is 1.00 bits per heavy atom. The van der Waals surface area contributed by atoms with Crippen LogP contribution < -0.4 is 5.19 Å². The van der Waals surface area contributed by atoms with Crippen LogP contribution in [-0.4, -0.2) is 34.3 Å². The van der Waals surface area contributed by atoms with E-state index in [0.717, 1.165) is 5.56 Å². The monoisotopic (exact) mass is 442 g/mol. The van der Waals surface area contributed by atoms with Gasteiger partial charge in [0.05, 0.1) is 31.2 Å². The van der Waals surface area contributed by atoms with Crippen LogP contribution in [-0.2, 0) is 19.4 Å². The zero-order chi connectivity index (χ0) is 21.9. The van der Waals surface area contributed by atoms with E-state index in [1.165, 1.54) is 5.19 Å². The molecule has 0 fully saturated rings. The van der Waals surface area contributed by atoms with Gasteiger partial charge in [-0.2, -0.15) is 0 Å². The van der Waals surface area contributed by atoms with E-state index in [1.807, 2.05) is 43.3 Å². The van der Waals surface area contributed by atoms with Crippen LogP contribution in [0.2, 0.25) is 18.6 Å². The highest BCUT2D eigenvalue weighted by Gasteiger charge is 2.50. The van der Waals surface area contributed by atoms with E-state index in [2.05, 4.69) is 25.2 Å². The second-order valence-electron chi connectivity index (χ2n) is 8.49. The van der Waals surface area contributed by atoms with Crippen LogP contribution in [0.5, 0.6) is 0 Å². The number of esters is 1. The van der Waals surface area contributed by atoms with Gasteiger partial charge in [0.15, 0.2) is 9.84 Å². The zero-order valence-corrected chi connectivity index (χ0v) is 19.9. The van der Waals surface area contributed by atoms with Crippen molar-refractivity contribution >= 4 is 29.1 Å². The molecular formula is C24H30O4SSi. The molecular weight excluding hydrogens is 412 g/mol. The van der Waals surface area contributed by atoms with Gasteiger partial charge in [-0.15, -0.1) is 0 Å². The van der Waals surface area contributed by atoms with Crippen molar-refractivity contribution in [2.75, 3.05) is 6.61 Å². The summed E-state index contributed by atoms with van der Waals surface area (Å²) in [5.74, 6) is -0.431. The lowest BCUT2D eigenvalue weighted by molar-refractivity contribution is -0.143. The van der Waals surface area contributed by atoms with Crippen molar-refractivity contribution in [1.82, 2.24) is 0 Å². The molecule has 30 heavy (non-hydrogen) atoms. The summed E-state index contributed by atoms with van der Waals surface area (Å²) in [6.45, 7) is 8.46. The molecule has 0 N–H and O–H groups in total. The molecule has 0 aliphatic heterocycles. The van der Waals surface area contributed by atoms with Crippen molar-refractivity contribution in [1.29, 1.82) is 0 Å². The lowest BCUT2D eigenvalue weighted by atomic mass is 10.0. The Morgan fingerprint density at radius 3 is 2.23 bits per heavy atom. The number of hydrogen-bond acceptors (Lipinski definition) is 4. The summed E-state index contributed by atoms with van der Waals surface area (Å²) in [4.78, 5) is 12.6. The maximum absolute atomic E-state index is 13.6. The number of aryl methyl sites for hydroxylation is 1. The fourth-order valence-corrected chi connectivity index (χ4v) is 11.5. The van der Waals surface area contributed by atoms with Crippen LogP contribution in [0.15, 0.2) is 71.6 Å². The summed E-state index contributed by atoms with van der Waals surface area (Å²) in [5.41, 5.74) is 0.863. The first-order chi connectivity index (χ1) is 14.2. The molecule has 3 atom stereocenters. The molecule has 0 bridgehead atoms. The Morgan fingerprint density at radius 2 is 1.63 bits per heavy atom. The molecule has 0 heterocycles. The SMILES string of the molecule is CCOC(=O)C[C@@H]1C=C[C@H](S(=O)(=O)c2ccc(C)cc2)[C@H]1[Si](C)(C)c1ccccc1. The molecule has 0 unspecified atom stereocenters. The van der Waals surface area contributed by atoms with Crippen LogP contribution in [0, 0.1) is 12.8 Å². The van der Waals surface area contributed by atoms with Crippen LogP contribution >= 0.6 is 0 Å². The van der Waals surface area contributed by atoms with Gasteiger partial charge in [0, 0.05) is 0 Å². The Labute approximate surface area is 180 Å². The second kappa shape index (κ2) is 8.90. The van der Waals surface area contributed by atoms with Gasteiger partial charge < -0.3 is 4.74 Å². The van der Waals surface area contributed by atoms with Crippen molar-refractivity contribution in [3.63, 3.8) is 0 Å². The molecule has 2 aromatic carbocycles. The number of benzene rings is 2. The average Bonchev–Trinajstić information content (AvgIpc) is 3.14. The van der Waals surface area contributed by atoms with E-state index < -0.39 is 23.2 Å². The lowest BCUT2D eigenvalue weighted by Crippen LogP contribution is -2.52. The molecule has 0 spiro atoms. The molecule has 1 aliphatic carbocycles. The maximum Gasteiger partial charge on any atom is 0.306 e. The Kier molecular flexibility index (Phi) is 6.67. The summed E-state index contributed by atoms with van der Waals surface area (Å²) in [5, 5.41) is 0.540. The summed E-state index contributed by atoms with van der Waals surface area (Å²) >= 11 is 0. The summed E-state index contributed by atoms with van der Waals surface area (Å²) in [6, 6.07) is 17.2. The summed E-state index contributed by atoms with van der Waals surface area (Å²) in [6.07, 6.45) is 3.94. The molecule has 1 aliphatic rings. The van der Waals surface area contributed by atoms with Gasteiger partial charge in [-0.3, -0.25) is 4.79 Å². The highest BCUT2D eigenvalue weighted by molar-refractivity contribution is 7.92. The maximum atomic E-state index is 13.6. The molecule has 0 amide bonds. The van der Waals surface area contributed by atoms with E-state index in [0.29, 0.717) is 11.5 Å². The summed E-state index contributed by atoms with van der Waals surface area (Å²) < 4.78 is 32.5. The van der Waals surface area contributed by atoms with Crippen molar-refractivity contribution in [2.45, 2.75) is 49.0 Å². The van der Waals surface area contributed by atoms with Crippen molar-refractivity contribution < 1.29 is 17.9 Å². The third-order valence-electron chi connectivity index (χ3n) is 6.13. The number of carbonyl (C=O) groups excluding carboxylic acids is 1. The van der Waals surface area contributed by atoms with Crippen molar-refractivity contribution in [2.24, 2.45) is 5.92 Å². The highest BCUT2D eigenvalue weighted by atomic mass is 32.2. The van der Waals surface area contributed by atoms with E-state index in [1.54, 1.807) is 25.1 Å². The first kappa shape index (κ1) is 22.5. The number of ether oxygens (including phenoxy) is 1. The van der Waals surface area contributed by atoms with Crippen LogP contribution in [0.4, 0.5) is 0 Å². The van der Waals surface area contributed by atoms with Crippen molar-refractivity contribution in [3.05, 3.63) is 72.3 Å². The number of rotatable bonds is 7. The van der Waals surface area contributed by atoms with Gasteiger partial charge in [-0.05, 0) is 37.4 Å². The smallest absolute Gasteiger partial charge is 0.306 e. The van der Waals surface area contributed by atoms with E-state index >= 15 is 0 Å². The second-order valence-corrected chi connectivity index (χ2v) is 15.3. The van der Waals surface area contributed by atoms with Crippen LogP contribution in [0.25, 0.3) is 0 Å². The fourth-order valence-electron chi connectivity index (χ4n) is 4.53. The van der Waals surface area contributed by atoms with Gasteiger partial charge in [-0.1, -0.05) is 78.5 Å². The van der Waals surface area contributed by atoms with Crippen molar-refractivity contribution in [3.8, 4) is 0 Å². The normalized spacial score (nSPS) is 21.5. The molecule has 3 rings (SSSR count). The molecule has 0 aromatic heterocycles. The summed E-state index contributed by atoms with van der Waals surface area (Å²) in [7, 11) is -5.85. The minimum Gasteiger partial charge on any atom is -0.466 e.